The third-order valence-corrected chi connectivity index (χ3v) is 3.48. The highest BCUT2D eigenvalue weighted by atomic mass is 16.3. The average Bonchev–Trinajstić information content (AvgIpc) is 2.10. The maximum atomic E-state index is 10.3. The summed E-state index contributed by atoms with van der Waals surface area (Å²) >= 11 is 0. The van der Waals surface area contributed by atoms with Crippen molar-refractivity contribution in [3.8, 4) is 5.75 Å². The summed E-state index contributed by atoms with van der Waals surface area (Å²) in [5.74, 6) is 0.461. The van der Waals surface area contributed by atoms with E-state index in [1.54, 1.807) is 0 Å². The third-order valence-electron chi connectivity index (χ3n) is 3.48. The summed E-state index contributed by atoms with van der Waals surface area (Å²) in [5, 5.41) is 10.3. The molecule has 96 valence electrons. The Bertz CT molecular complexity index is 390. The monoisotopic (exact) mass is 234 g/mol. The molecule has 0 aliphatic carbocycles. The summed E-state index contributed by atoms with van der Waals surface area (Å²) in [4.78, 5) is 0. The predicted octanol–water partition coefficient (Wildman–Crippen LogP) is 4.60. The van der Waals surface area contributed by atoms with Gasteiger partial charge in [0.15, 0.2) is 0 Å². The quantitative estimate of drug-likeness (QED) is 0.695. The van der Waals surface area contributed by atoms with Gasteiger partial charge in [0.1, 0.15) is 5.75 Å². The molecule has 0 bridgehead atoms. The number of phenolic OH excluding ortho intramolecular Hbond substituents is 1. The second-order valence-corrected chi connectivity index (χ2v) is 7.07. The van der Waals surface area contributed by atoms with E-state index in [1.807, 2.05) is 6.92 Å². The van der Waals surface area contributed by atoms with E-state index in [0.29, 0.717) is 5.75 Å². The third kappa shape index (κ3) is 2.65. The molecule has 0 fully saturated rings. The Morgan fingerprint density at radius 3 is 1.53 bits per heavy atom. The molecule has 0 aromatic heterocycles. The topological polar surface area (TPSA) is 20.2 Å². The maximum absolute atomic E-state index is 10.3. The number of rotatable bonds is 0. The van der Waals surface area contributed by atoms with Crippen LogP contribution in [0, 0.1) is 13.8 Å². The molecule has 0 saturated heterocycles. The number of hydrogen-bond acceptors (Lipinski definition) is 1. The molecule has 0 aliphatic rings. The number of benzene rings is 1. The van der Waals surface area contributed by atoms with Crippen molar-refractivity contribution in [1.29, 1.82) is 0 Å². The Balaban J connectivity index is 3.63. The summed E-state index contributed by atoms with van der Waals surface area (Å²) in [6, 6.07) is 2.18. The highest BCUT2D eigenvalue weighted by Crippen LogP contribution is 2.39. The Kier molecular flexibility index (Phi) is 3.35. The lowest BCUT2D eigenvalue weighted by molar-refractivity contribution is 0.439. The van der Waals surface area contributed by atoms with E-state index in [9.17, 15) is 5.11 Å². The van der Waals surface area contributed by atoms with Crippen molar-refractivity contribution in [3.05, 3.63) is 28.3 Å². The molecule has 0 aliphatic heterocycles. The molecule has 0 heterocycles. The summed E-state index contributed by atoms with van der Waals surface area (Å²) in [5.41, 5.74) is 4.69. The molecular weight excluding hydrogens is 208 g/mol. The van der Waals surface area contributed by atoms with Gasteiger partial charge in [-0.1, -0.05) is 47.6 Å². The molecule has 1 aromatic rings. The van der Waals surface area contributed by atoms with E-state index < -0.39 is 0 Å². The molecule has 0 radical (unpaired) electrons. The van der Waals surface area contributed by atoms with Crippen LogP contribution < -0.4 is 0 Å². The maximum Gasteiger partial charge on any atom is 0.122 e. The molecule has 0 unspecified atom stereocenters. The van der Waals surface area contributed by atoms with Gasteiger partial charge in [0.05, 0.1) is 0 Å². The van der Waals surface area contributed by atoms with Crippen molar-refractivity contribution >= 4 is 0 Å². The van der Waals surface area contributed by atoms with Crippen LogP contribution in [0.1, 0.15) is 63.8 Å². The first-order chi connectivity index (χ1) is 7.46. The van der Waals surface area contributed by atoms with E-state index in [2.05, 4.69) is 54.5 Å². The normalized spacial score (nSPS) is 12.9. The van der Waals surface area contributed by atoms with Crippen LogP contribution in [-0.2, 0) is 10.8 Å². The van der Waals surface area contributed by atoms with Gasteiger partial charge in [0, 0.05) is 0 Å². The second kappa shape index (κ2) is 4.04. The summed E-state index contributed by atoms with van der Waals surface area (Å²) in [6.07, 6.45) is 0. The molecule has 17 heavy (non-hydrogen) atoms. The van der Waals surface area contributed by atoms with E-state index in [1.165, 1.54) is 11.1 Å². The largest absolute Gasteiger partial charge is 0.507 e. The first-order valence-electron chi connectivity index (χ1n) is 6.30. The van der Waals surface area contributed by atoms with E-state index in [0.717, 1.165) is 11.1 Å². The highest BCUT2D eigenvalue weighted by Gasteiger charge is 2.25. The minimum atomic E-state index is -0.0253. The summed E-state index contributed by atoms with van der Waals surface area (Å²) in [6.45, 7) is 17.2. The number of aromatic hydroxyl groups is 1. The standard InChI is InChI=1S/C16H26O/c1-10-11(2)14(17)13(16(6,7)8)9-12(10)15(3,4)5/h9,17H,1-8H3. The minimum Gasteiger partial charge on any atom is -0.507 e. The first kappa shape index (κ1) is 14.1. The van der Waals surface area contributed by atoms with Crippen LogP contribution in [-0.4, -0.2) is 5.11 Å². The molecule has 0 spiro atoms. The number of hydrogen-bond donors (Lipinski definition) is 1. The van der Waals surface area contributed by atoms with Gasteiger partial charge in [0.2, 0.25) is 0 Å². The van der Waals surface area contributed by atoms with Crippen LogP contribution in [0.3, 0.4) is 0 Å². The van der Waals surface area contributed by atoms with Crippen LogP contribution in [0.15, 0.2) is 6.07 Å². The lowest BCUT2D eigenvalue weighted by Gasteiger charge is -2.29. The van der Waals surface area contributed by atoms with Crippen LogP contribution in [0.2, 0.25) is 0 Å². The van der Waals surface area contributed by atoms with Gasteiger partial charge in [-0.05, 0) is 46.9 Å². The van der Waals surface area contributed by atoms with Crippen molar-refractivity contribution < 1.29 is 5.11 Å². The van der Waals surface area contributed by atoms with Gasteiger partial charge in [-0.3, -0.25) is 0 Å². The Morgan fingerprint density at radius 2 is 1.18 bits per heavy atom. The molecule has 1 heteroatoms. The van der Waals surface area contributed by atoms with Crippen molar-refractivity contribution in [2.24, 2.45) is 0 Å². The fourth-order valence-corrected chi connectivity index (χ4v) is 2.25. The first-order valence-corrected chi connectivity index (χ1v) is 6.30. The molecule has 0 atom stereocenters. The van der Waals surface area contributed by atoms with Gasteiger partial charge >= 0.3 is 0 Å². The fourth-order valence-electron chi connectivity index (χ4n) is 2.25. The molecule has 1 rings (SSSR count). The zero-order chi connectivity index (χ0) is 13.6. The zero-order valence-electron chi connectivity index (χ0n) is 12.5. The van der Waals surface area contributed by atoms with Crippen LogP contribution >= 0.6 is 0 Å². The Morgan fingerprint density at radius 1 is 0.765 bits per heavy atom. The average molecular weight is 234 g/mol. The molecule has 1 N–H and O–H groups in total. The molecule has 0 amide bonds. The van der Waals surface area contributed by atoms with Gasteiger partial charge in [0.25, 0.3) is 0 Å². The smallest absolute Gasteiger partial charge is 0.122 e. The molecule has 1 nitrogen and oxygen atoms in total. The van der Waals surface area contributed by atoms with E-state index in [-0.39, 0.29) is 10.8 Å². The van der Waals surface area contributed by atoms with Gasteiger partial charge in [-0.25, -0.2) is 0 Å². The van der Waals surface area contributed by atoms with E-state index >= 15 is 0 Å². The second-order valence-electron chi connectivity index (χ2n) is 7.07. The zero-order valence-corrected chi connectivity index (χ0v) is 12.5. The lowest BCUT2D eigenvalue weighted by atomic mass is 9.76. The fraction of sp³-hybridized carbons (Fsp3) is 0.625. The molecular formula is C16H26O. The van der Waals surface area contributed by atoms with E-state index in [4.69, 9.17) is 0 Å². The van der Waals surface area contributed by atoms with Crippen molar-refractivity contribution in [2.75, 3.05) is 0 Å². The SMILES string of the molecule is Cc1c(C(C)(C)C)cc(C(C)(C)C)c(O)c1C. The summed E-state index contributed by atoms with van der Waals surface area (Å²) in [7, 11) is 0. The van der Waals surface area contributed by atoms with Crippen LogP contribution in [0.25, 0.3) is 0 Å². The number of phenols is 1. The Hall–Kier alpha value is -0.980. The van der Waals surface area contributed by atoms with Crippen molar-refractivity contribution in [3.63, 3.8) is 0 Å². The predicted molar refractivity (Wildman–Crippen MR) is 75.0 cm³/mol. The highest BCUT2D eigenvalue weighted by molar-refractivity contribution is 5.52. The van der Waals surface area contributed by atoms with Crippen molar-refractivity contribution in [2.45, 2.75) is 66.2 Å². The van der Waals surface area contributed by atoms with Crippen molar-refractivity contribution in [1.82, 2.24) is 0 Å². The Labute approximate surface area is 106 Å². The molecule has 1 aromatic carbocycles. The van der Waals surface area contributed by atoms with Crippen LogP contribution in [0.5, 0.6) is 5.75 Å². The minimum absolute atomic E-state index is 0.0253. The van der Waals surface area contributed by atoms with Gasteiger partial charge < -0.3 is 5.11 Å². The van der Waals surface area contributed by atoms with Gasteiger partial charge in [-0.2, -0.15) is 0 Å². The lowest BCUT2D eigenvalue weighted by Crippen LogP contribution is -2.18. The summed E-state index contributed by atoms with van der Waals surface area (Å²) < 4.78 is 0. The molecule has 0 saturated carbocycles. The van der Waals surface area contributed by atoms with Crippen LogP contribution in [0.4, 0.5) is 0 Å². The van der Waals surface area contributed by atoms with Gasteiger partial charge in [-0.15, -0.1) is 0 Å².